The molecular formula is C17H16BrFN2O2. The van der Waals surface area contributed by atoms with Gasteiger partial charge >= 0.3 is 0 Å². The Labute approximate surface area is 142 Å². The SMILES string of the molecule is C[C@H]1C(c2ccc(F)cc2)=[N+]([O-])[C@](C)(c2ccc(Br)cc2)N1O. The molecule has 0 aliphatic carbocycles. The summed E-state index contributed by atoms with van der Waals surface area (Å²) in [6, 6.07) is 12.4. The lowest BCUT2D eigenvalue weighted by Gasteiger charge is -2.29. The van der Waals surface area contributed by atoms with Crippen molar-refractivity contribution < 1.29 is 14.3 Å². The van der Waals surface area contributed by atoms with Crippen molar-refractivity contribution in [1.29, 1.82) is 0 Å². The number of hydroxylamine groups is 3. The predicted octanol–water partition coefficient (Wildman–Crippen LogP) is 3.85. The Hall–Kier alpha value is -1.76. The predicted molar refractivity (Wildman–Crippen MR) is 88.7 cm³/mol. The van der Waals surface area contributed by atoms with Crippen molar-refractivity contribution in [2.24, 2.45) is 0 Å². The van der Waals surface area contributed by atoms with Gasteiger partial charge in [-0.05, 0) is 55.5 Å². The lowest BCUT2D eigenvalue weighted by Crippen LogP contribution is -2.45. The van der Waals surface area contributed by atoms with Crippen molar-refractivity contribution >= 4 is 21.6 Å². The molecule has 23 heavy (non-hydrogen) atoms. The maximum absolute atomic E-state index is 13.1. The van der Waals surface area contributed by atoms with Crippen molar-refractivity contribution in [3.05, 3.63) is 75.2 Å². The number of hydrogen-bond donors (Lipinski definition) is 1. The van der Waals surface area contributed by atoms with Crippen LogP contribution in [0.2, 0.25) is 0 Å². The zero-order valence-corrected chi connectivity index (χ0v) is 14.3. The average Bonchev–Trinajstić information content (AvgIpc) is 2.71. The summed E-state index contributed by atoms with van der Waals surface area (Å²) in [5.74, 6) is -0.367. The molecule has 0 spiro atoms. The normalized spacial score (nSPS) is 25.2. The Morgan fingerprint density at radius 2 is 1.74 bits per heavy atom. The summed E-state index contributed by atoms with van der Waals surface area (Å²) in [7, 11) is 0. The van der Waals surface area contributed by atoms with E-state index in [9.17, 15) is 14.8 Å². The second-order valence-electron chi connectivity index (χ2n) is 5.73. The first kappa shape index (κ1) is 16.1. The molecule has 0 unspecified atom stereocenters. The molecule has 0 saturated carbocycles. The summed E-state index contributed by atoms with van der Waals surface area (Å²) in [5.41, 5.74) is 0.415. The molecule has 0 amide bonds. The summed E-state index contributed by atoms with van der Waals surface area (Å²) in [4.78, 5) is 0. The highest BCUT2D eigenvalue weighted by Crippen LogP contribution is 2.36. The standard InChI is InChI=1S/C17H16BrFN2O2/c1-11-16(12-3-9-15(19)10-4-12)21(23)17(2,20(11)22)13-5-7-14(18)8-6-13/h3-11,22H,1-2H3/t11-,17+/m0/s1. The van der Waals surface area contributed by atoms with Gasteiger partial charge in [0.05, 0.1) is 0 Å². The van der Waals surface area contributed by atoms with E-state index in [1.807, 2.05) is 12.1 Å². The summed E-state index contributed by atoms with van der Waals surface area (Å²) in [6.07, 6.45) is 0. The highest BCUT2D eigenvalue weighted by Gasteiger charge is 2.54. The second-order valence-corrected chi connectivity index (χ2v) is 6.65. The van der Waals surface area contributed by atoms with E-state index in [4.69, 9.17) is 0 Å². The highest BCUT2D eigenvalue weighted by molar-refractivity contribution is 9.10. The van der Waals surface area contributed by atoms with Gasteiger partial charge in [-0.3, -0.25) is 0 Å². The second kappa shape index (κ2) is 5.70. The van der Waals surface area contributed by atoms with E-state index < -0.39 is 11.7 Å². The lowest BCUT2D eigenvalue weighted by molar-refractivity contribution is -0.595. The van der Waals surface area contributed by atoms with Gasteiger partial charge in [0.15, 0.2) is 0 Å². The van der Waals surface area contributed by atoms with E-state index in [1.54, 1.807) is 38.1 Å². The quantitative estimate of drug-likeness (QED) is 0.637. The molecule has 2 aromatic rings. The monoisotopic (exact) mass is 378 g/mol. The first-order valence-corrected chi connectivity index (χ1v) is 7.99. The molecule has 1 aliphatic rings. The number of nitrogens with zero attached hydrogens (tertiary/aromatic N) is 2. The minimum absolute atomic E-state index is 0.367. The molecule has 6 heteroatoms. The van der Waals surface area contributed by atoms with E-state index in [0.717, 1.165) is 14.3 Å². The molecule has 0 fully saturated rings. The Balaban J connectivity index is 2.14. The molecule has 0 saturated heterocycles. The zero-order chi connectivity index (χ0) is 16.8. The van der Waals surface area contributed by atoms with E-state index in [0.29, 0.717) is 16.8 Å². The van der Waals surface area contributed by atoms with E-state index in [2.05, 4.69) is 15.9 Å². The molecule has 0 aromatic heterocycles. The van der Waals surface area contributed by atoms with Gasteiger partial charge < -0.3 is 10.4 Å². The van der Waals surface area contributed by atoms with Gasteiger partial charge in [-0.25, -0.2) is 4.39 Å². The van der Waals surface area contributed by atoms with Crippen LogP contribution in [-0.4, -0.2) is 26.8 Å². The number of rotatable bonds is 2. The van der Waals surface area contributed by atoms with Gasteiger partial charge in [0.25, 0.3) is 5.66 Å². The van der Waals surface area contributed by atoms with Crippen LogP contribution in [0.3, 0.4) is 0 Å². The average molecular weight is 379 g/mol. The molecule has 0 radical (unpaired) electrons. The molecule has 120 valence electrons. The first-order chi connectivity index (χ1) is 10.9. The van der Waals surface area contributed by atoms with Crippen molar-refractivity contribution in [3.8, 4) is 0 Å². The van der Waals surface area contributed by atoms with Gasteiger partial charge in [0.2, 0.25) is 5.71 Å². The maximum Gasteiger partial charge on any atom is 0.274 e. The van der Waals surface area contributed by atoms with Crippen LogP contribution < -0.4 is 0 Å². The lowest BCUT2D eigenvalue weighted by atomic mass is 10.0. The van der Waals surface area contributed by atoms with Crippen molar-refractivity contribution in [2.45, 2.75) is 25.6 Å². The van der Waals surface area contributed by atoms with Crippen LogP contribution in [0.25, 0.3) is 0 Å². The van der Waals surface area contributed by atoms with E-state index >= 15 is 0 Å². The highest BCUT2D eigenvalue weighted by atomic mass is 79.9. The fourth-order valence-electron chi connectivity index (χ4n) is 2.98. The van der Waals surface area contributed by atoms with Gasteiger partial charge in [-0.2, -0.15) is 4.74 Å². The van der Waals surface area contributed by atoms with Crippen LogP contribution >= 0.6 is 15.9 Å². The third-order valence-electron chi connectivity index (χ3n) is 4.35. The third-order valence-corrected chi connectivity index (χ3v) is 4.88. The van der Waals surface area contributed by atoms with Gasteiger partial charge in [-0.1, -0.05) is 15.9 Å². The van der Waals surface area contributed by atoms with Crippen molar-refractivity contribution in [1.82, 2.24) is 5.06 Å². The number of benzene rings is 2. The molecule has 1 N–H and O–H groups in total. The topological polar surface area (TPSA) is 49.5 Å². The van der Waals surface area contributed by atoms with Crippen LogP contribution in [0.1, 0.15) is 25.0 Å². The van der Waals surface area contributed by atoms with E-state index in [1.165, 1.54) is 12.1 Å². The van der Waals surface area contributed by atoms with Crippen LogP contribution in [0.15, 0.2) is 53.0 Å². The Morgan fingerprint density at radius 3 is 2.30 bits per heavy atom. The minimum atomic E-state index is -1.25. The number of halogens is 2. The largest absolute Gasteiger partial charge is 0.622 e. The molecular weight excluding hydrogens is 363 g/mol. The molecule has 1 heterocycles. The Morgan fingerprint density at radius 1 is 1.17 bits per heavy atom. The Bertz CT molecular complexity index is 761. The molecule has 4 nitrogen and oxygen atoms in total. The summed E-state index contributed by atoms with van der Waals surface area (Å²) >= 11 is 3.36. The van der Waals surface area contributed by atoms with Crippen molar-refractivity contribution in [3.63, 3.8) is 0 Å². The van der Waals surface area contributed by atoms with Crippen LogP contribution in [0, 0.1) is 11.0 Å². The smallest absolute Gasteiger partial charge is 0.274 e. The van der Waals surface area contributed by atoms with Crippen LogP contribution in [0.5, 0.6) is 0 Å². The molecule has 2 atom stereocenters. The van der Waals surface area contributed by atoms with Crippen molar-refractivity contribution in [2.75, 3.05) is 0 Å². The molecule has 3 rings (SSSR count). The van der Waals surface area contributed by atoms with Crippen LogP contribution in [-0.2, 0) is 5.66 Å². The fourth-order valence-corrected chi connectivity index (χ4v) is 3.25. The maximum atomic E-state index is 13.1. The van der Waals surface area contributed by atoms with Gasteiger partial charge in [0.1, 0.15) is 11.9 Å². The van der Waals surface area contributed by atoms with E-state index in [-0.39, 0.29) is 5.82 Å². The molecule has 1 aliphatic heterocycles. The first-order valence-electron chi connectivity index (χ1n) is 7.20. The number of hydrogen-bond acceptors (Lipinski definition) is 3. The Kier molecular flexibility index (Phi) is 4.00. The third kappa shape index (κ3) is 2.47. The van der Waals surface area contributed by atoms with Crippen LogP contribution in [0.4, 0.5) is 4.39 Å². The summed E-state index contributed by atoms with van der Waals surface area (Å²) in [6.45, 7) is 3.41. The summed E-state index contributed by atoms with van der Waals surface area (Å²) in [5, 5.41) is 24.6. The van der Waals surface area contributed by atoms with Gasteiger partial charge in [-0.15, -0.1) is 5.06 Å². The fraction of sp³-hybridized carbons (Fsp3) is 0.235. The van der Waals surface area contributed by atoms with Gasteiger partial charge in [0, 0.05) is 22.5 Å². The molecule has 2 aromatic carbocycles. The summed E-state index contributed by atoms with van der Waals surface area (Å²) < 4.78 is 14.8. The zero-order valence-electron chi connectivity index (χ0n) is 12.7. The minimum Gasteiger partial charge on any atom is -0.622 e. The molecule has 0 bridgehead atoms.